The van der Waals surface area contributed by atoms with Crippen molar-refractivity contribution in [1.29, 1.82) is 0 Å². The molecule has 0 fully saturated rings. The van der Waals surface area contributed by atoms with Crippen LogP contribution in [0.5, 0.6) is 0 Å². The maximum atomic E-state index is 4.85. The van der Waals surface area contributed by atoms with Crippen LogP contribution in [-0.2, 0) is 6.42 Å². The number of nitrogens with zero attached hydrogens (tertiary/aromatic N) is 4. The number of nitrogens with one attached hydrogen (secondary N) is 1. The van der Waals surface area contributed by atoms with Gasteiger partial charge in [0.2, 0.25) is 0 Å². The van der Waals surface area contributed by atoms with Gasteiger partial charge in [-0.15, -0.1) is 11.3 Å². The zero-order valence-corrected chi connectivity index (χ0v) is 16.1. The Bertz CT molecular complexity index is 1370. The van der Waals surface area contributed by atoms with Crippen LogP contribution >= 0.6 is 11.3 Å². The van der Waals surface area contributed by atoms with Crippen molar-refractivity contribution in [3.05, 3.63) is 83.8 Å². The van der Waals surface area contributed by atoms with Gasteiger partial charge in [0, 0.05) is 46.5 Å². The third-order valence-corrected chi connectivity index (χ3v) is 6.28. The van der Waals surface area contributed by atoms with Crippen LogP contribution in [0, 0.1) is 0 Å². The van der Waals surface area contributed by atoms with E-state index in [4.69, 9.17) is 9.98 Å². The Morgan fingerprint density at radius 1 is 0.793 bits per heavy atom. The molecule has 1 N–H and O–H groups in total. The first kappa shape index (κ1) is 16.3. The van der Waals surface area contributed by atoms with E-state index in [1.54, 1.807) is 12.4 Å². The van der Waals surface area contributed by atoms with Gasteiger partial charge in [-0.1, -0.05) is 6.07 Å². The molecule has 138 valence electrons. The SMILES string of the molecule is c1cc(C2=Nc3cc(-c4ccc5nc(-c6ccncc6)[nH]c5c4)sc3C2)ccn1. The molecule has 0 saturated carbocycles. The second kappa shape index (κ2) is 6.46. The van der Waals surface area contributed by atoms with Gasteiger partial charge in [0.15, 0.2) is 0 Å². The number of pyridine rings is 2. The van der Waals surface area contributed by atoms with E-state index in [0.29, 0.717) is 0 Å². The number of aliphatic imine (C=N–C) groups is 1. The van der Waals surface area contributed by atoms with Crippen molar-refractivity contribution in [1.82, 2.24) is 19.9 Å². The summed E-state index contributed by atoms with van der Waals surface area (Å²) in [4.78, 5) is 23.7. The Morgan fingerprint density at radius 3 is 2.31 bits per heavy atom. The van der Waals surface area contributed by atoms with Crippen LogP contribution < -0.4 is 0 Å². The van der Waals surface area contributed by atoms with E-state index in [1.807, 2.05) is 48.0 Å². The topological polar surface area (TPSA) is 66.8 Å². The molecule has 0 atom stereocenters. The van der Waals surface area contributed by atoms with E-state index in [1.165, 1.54) is 15.3 Å². The molecule has 0 radical (unpaired) electrons. The molecule has 1 aliphatic heterocycles. The predicted molar refractivity (Wildman–Crippen MR) is 117 cm³/mol. The van der Waals surface area contributed by atoms with Gasteiger partial charge < -0.3 is 4.98 Å². The van der Waals surface area contributed by atoms with Crippen molar-refractivity contribution in [2.45, 2.75) is 6.42 Å². The number of imidazole rings is 1. The van der Waals surface area contributed by atoms with Gasteiger partial charge in [-0.05, 0) is 53.6 Å². The number of hydrogen-bond acceptors (Lipinski definition) is 5. The first-order chi connectivity index (χ1) is 14.3. The van der Waals surface area contributed by atoms with Crippen LogP contribution in [0.2, 0.25) is 0 Å². The van der Waals surface area contributed by atoms with E-state index in [0.717, 1.165) is 45.8 Å². The van der Waals surface area contributed by atoms with Crippen LogP contribution in [-0.4, -0.2) is 25.6 Å². The summed E-state index contributed by atoms with van der Waals surface area (Å²) in [6.45, 7) is 0. The molecule has 0 bridgehead atoms. The fraction of sp³-hybridized carbons (Fsp3) is 0.0435. The molecule has 4 aromatic heterocycles. The number of fused-ring (bicyclic) bond motifs is 2. The number of benzene rings is 1. The quantitative estimate of drug-likeness (QED) is 0.445. The summed E-state index contributed by atoms with van der Waals surface area (Å²) in [5.41, 5.74) is 7.55. The molecular formula is C23H15N5S. The van der Waals surface area contributed by atoms with E-state index in [2.05, 4.69) is 39.2 Å². The molecule has 6 rings (SSSR count). The minimum absolute atomic E-state index is 0.861. The largest absolute Gasteiger partial charge is 0.338 e. The van der Waals surface area contributed by atoms with Gasteiger partial charge in [-0.2, -0.15) is 0 Å². The predicted octanol–water partition coefficient (Wildman–Crippen LogP) is 5.43. The molecule has 0 spiro atoms. The van der Waals surface area contributed by atoms with Crippen LogP contribution in [0.3, 0.4) is 0 Å². The molecule has 5 aromatic rings. The van der Waals surface area contributed by atoms with Gasteiger partial charge in [0.25, 0.3) is 0 Å². The van der Waals surface area contributed by atoms with Crippen LogP contribution in [0.1, 0.15) is 10.4 Å². The van der Waals surface area contributed by atoms with E-state index in [9.17, 15) is 0 Å². The maximum absolute atomic E-state index is 4.85. The smallest absolute Gasteiger partial charge is 0.138 e. The number of aromatic nitrogens is 4. The summed E-state index contributed by atoms with van der Waals surface area (Å²) in [5.74, 6) is 0.861. The zero-order valence-electron chi connectivity index (χ0n) is 15.3. The van der Waals surface area contributed by atoms with Crippen LogP contribution in [0.15, 0.2) is 78.3 Å². The molecule has 1 aromatic carbocycles. The lowest BCUT2D eigenvalue weighted by Gasteiger charge is -2.00. The molecule has 5 nitrogen and oxygen atoms in total. The number of thiophene rings is 1. The van der Waals surface area contributed by atoms with Gasteiger partial charge in [-0.25, -0.2) is 4.98 Å². The fourth-order valence-electron chi connectivity index (χ4n) is 3.64. The third-order valence-electron chi connectivity index (χ3n) is 5.10. The molecule has 1 aliphatic rings. The Morgan fingerprint density at radius 2 is 1.55 bits per heavy atom. The summed E-state index contributed by atoms with van der Waals surface area (Å²) < 4.78 is 0. The van der Waals surface area contributed by atoms with Crippen molar-refractivity contribution in [2.75, 3.05) is 0 Å². The zero-order chi connectivity index (χ0) is 19.2. The second-order valence-corrected chi connectivity index (χ2v) is 8.08. The summed E-state index contributed by atoms with van der Waals surface area (Å²) >= 11 is 1.81. The molecule has 6 heteroatoms. The molecule has 0 aliphatic carbocycles. The normalized spacial score (nSPS) is 12.9. The standard InChI is InChI=1S/C23H15N5S/c1-2-17-19(28-23(27-17)15-5-9-25-10-6-15)11-16(1)21-13-20-22(29-21)12-18(26-20)14-3-7-24-8-4-14/h1-11,13H,12H2,(H,27,28). The average molecular weight is 393 g/mol. The molecule has 5 heterocycles. The minimum atomic E-state index is 0.861. The van der Waals surface area contributed by atoms with Crippen molar-refractivity contribution in [3.8, 4) is 21.8 Å². The number of rotatable bonds is 3. The Hall–Kier alpha value is -3.64. The van der Waals surface area contributed by atoms with Gasteiger partial charge in [0.1, 0.15) is 5.82 Å². The number of hydrogen-bond donors (Lipinski definition) is 1. The lowest BCUT2D eigenvalue weighted by molar-refractivity contribution is 1.28. The maximum Gasteiger partial charge on any atom is 0.138 e. The summed E-state index contributed by atoms with van der Waals surface area (Å²) in [6.07, 6.45) is 8.07. The highest BCUT2D eigenvalue weighted by Crippen LogP contribution is 2.41. The monoisotopic (exact) mass is 393 g/mol. The minimum Gasteiger partial charge on any atom is -0.338 e. The molecule has 29 heavy (non-hydrogen) atoms. The highest BCUT2D eigenvalue weighted by Gasteiger charge is 2.20. The Labute approximate surface area is 170 Å². The van der Waals surface area contributed by atoms with E-state index >= 15 is 0 Å². The van der Waals surface area contributed by atoms with E-state index in [-0.39, 0.29) is 0 Å². The summed E-state index contributed by atoms with van der Waals surface area (Å²) in [7, 11) is 0. The molecule has 0 amide bonds. The first-order valence-electron chi connectivity index (χ1n) is 9.35. The van der Waals surface area contributed by atoms with Crippen molar-refractivity contribution in [3.63, 3.8) is 0 Å². The van der Waals surface area contributed by atoms with Gasteiger partial charge in [-0.3, -0.25) is 15.0 Å². The average Bonchev–Trinajstić information content (AvgIpc) is 3.47. The van der Waals surface area contributed by atoms with Crippen molar-refractivity contribution >= 4 is 33.8 Å². The second-order valence-electron chi connectivity index (χ2n) is 6.94. The summed E-state index contributed by atoms with van der Waals surface area (Å²) in [5, 5.41) is 0. The van der Waals surface area contributed by atoms with Crippen molar-refractivity contribution in [2.24, 2.45) is 4.99 Å². The lowest BCUT2D eigenvalue weighted by Crippen LogP contribution is -1.99. The highest BCUT2D eigenvalue weighted by molar-refractivity contribution is 7.16. The molecular weight excluding hydrogens is 378 g/mol. The van der Waals surface area contributed by atoms with E-state index < -0.39 is 0 Å². The lowest BCUT2D eigenvalue weighted by atomic mass is 10.1. The number of H-pyrrole nitrogens is 1. The fourth-order valence-corrected chi connectivity index (χ4v) is 4.74. The molecule has 0 unspecified atom stereocenters. The van der Waals surface area contributed by atoms with Crippen LogP contribution in [0.4, 0.5) is 5.69 Å². The highest BCUT2D eigenvalue weighted by atomic mass is 32.1. The van der Waals surface area contributed by atoms with Gasteiger partial charge >= 0.3 is 0 Å². The Kier molecular flexibility index (Phi) is 3.64. The van der Waals surface area contributed by atoms with Crippen molar-refractivity contribution < 1.29 is 0 Å². The summed E-state index contributed by atoms with van der Waals surface area (Å²) in [6, 6.07) is 16.5. The first-order valence-corrected chi connectivity index (χ1v) is 10.2. The van der Waals surface area contributed by atoms with Gasteiger partial charge in [0.05, 0.1) is 22.4 Å². The van der Waals surface area contributed by atoms with Crippen LogP contribution in [0.25, 0.3) is 32.9 Å². The third kappa shape index (κ3) is 2.85. The Balaban J connectivity index is 1.35. The molecule has 0 saturated heterocycles. The number of aromatic amines is 1.